The largest absolute Gasteiger partial charge is 0.493 e. The molecule has 2 aromatic rings. The molecule has 2 heterocycles. The number of piperidine rings is 1. The Morgan fingerprint density at radius 2 is 1.91 bits per heavy atom. The lowest BCUT2D eigenvalue weighted by atomic mass is 9.77. The maximum Gasteiger partial charge on any atom is 0.223 e. The SMILES string of the molecule is Cc1cc(OC[C@]2(CC(=O)N3CCOCC3)CCCN(Cc3cc(F)ccc3C)C2)ccc1Cl. The molecule has 0 saturated carbocycles. The van der Waals surface area contributed by atoms with Gasteiger partial charge in [0.1, 0.15) is 11.6 Å². The summed E-state index contributed by atoms with van der Waals surface area (Å²) < 4.78 is 25.6. The molecule has 0 N–H and O–H groups in total. The molecular weight excluding hydrogens is 455 g/mol. The molecule has 0 unspecified atom stereocenters. The number of hydrogen-bond acceptors (Lipinski definition) is 4. The van der Waals surface area contributed by atoms with E-state index in [-0.39, 0.29) is 17.1 Å². The molecule has 2 aliphatic heterocycles. The summed E-state index contributed by atoms with van der Waals surface area (Å²) in [4.78, 5) is 17.5. The topological polar surface area (TPSA) is 42.0 Å². The first-order chi connectivity index (χ1) is 16.3. The van der Waals surface area contributed by atoms with Gasteiger partial charge in [0, 0.05) is 43.0 Å². The number of amides is 1. The highest BCUT2D eigenvalue weighted by Crippen LogP contribution is 2.36. The van der Waals surface area contributed by atoms with Crippen LogP contribution in [-0.4, -0.2) is 61.7 Å². The van der Waals surface area contributed by atoms with E-state index in [0.717, 1.165) is 48.4 Å². The fourth-order valence-corrected chi connectivity index (χ4v) is 5.12. The number of aryl methyl sites for hydroxylation is 2. The van der Waals surface area contributed by atoms with Crippen molar-refractivity contribution >= 4 is 17.5 Å². The number of benzene rings is 2. The molecule has 0 spiro atoms. The van der Waals surface area contributed by atoms with E-state index in [4.69, 9.17) is 21.1 Å². The summed E-state index contributed by atoms with van der Waals surface area (Å²) in [5, 5.41) is 0.707. The first kappa shape index (κ1) is 25.0. The summed E-state index contributed by atoms with van der Waals surface area (Å²) in [6.07, 6.45) is 2.31. The highest BCUT2D eigenvalue weighted by Gasteiger charge is 2.39. The van der Waals surface area contributed by atoms with E-state index in [0.29, 0.717) is 50.9 Å². The van der Waals surface area contributed by atoms with E-state index in [1.807, 2.05) is 43.0 Å². The number of ether oxygens (including phenoxy) is 2. The third-order valence-corrected chi connectivity index (χ3v) is 7.43. The van der Waals surface area contributed by atoms with Gasteiger partial charge in [0.25, 0.3) is 0 Å². The van der Waals surface area contributed by atoms with Gasteiger partial charge in [-0.05, 0) is 80.3 Å². The second-order valence-corrected chi connectivity index (χ2v) is 10.2. The van der Waals surface area contributed by atoms with Crippen LogP contribution in [-0.2, 0) is 16.1 Å². The van der Waals surface area contributed by atoms with Crippen molar-refractivity contribution in [3.63, 3.8) is 0 Å². The van der Waals surface area contributed by atoms with Crippen LogP contribution in [0.3, 0.4) is 0 Å². The predicted octanol–water partition coefficient (Wildman–Crippen LogP) is 5.01. The Balaban J connectivity index is 1.52. The van der Waals surface area contributed by atoms with Crippen LogP contribution >= 0.6 is 11.6 Å². The third-order valence-electron chi connectivity index (χ3n) is 7.01. The zero-order valence-corrected chi connectivity index (χ0v) is 20.9. The number of rotatable bonds is 7. The molecule has 0 radical (unpaired) electrons. The monoisotopic (exact) mass is 488 g/mol. The van der Waals surface area contributed by atoms with Crippen molar-refractivity contribution in [2.75, 3.05) is 46.0 Å². The van der Waals surface area contributed by atoms with Crippen molar-refractivity contribution in [1.82, 2.24) is 9.80 Å². The van der Waals surface area contributed by atoms with E-state index in [1.165, 1.54) is 6.07 Å². The van der Waals surface area contributed by atoms with Crippen molar-refractivity contribution in [3.8, 4) is 5.75 Å². The molecule has 0 aliphatic carbocycles. The summed E-state index contributed by atoms with van der Waals surface area (Å²) in [7, 11) is 0. The maximum absolute atomic E-state index is 13.9. The van der Waals surface area contributed by atoms with Gasteiger partial charge in [0.05, 0.1) is 19.8 Å². The second kappa shape index (κ2) is 11.1. The smallest absolute Gasteiger partial charge is 0.223 e. The molecule has 1 amide bonds. The average Bonchev–Trinajstić information content (AvgIpc) is 2.83. The van der Waals surface area contributed by atoms with Crippen LogP contribution in [0.25, 0.3) is 0 Å². The van der Waals surface area contributed by atoms with Gasteiger partial charge in [-0.2, -0.15) is 0 Å². The van der Waals surface area contributed by atoms with E-state index >= 15 is 0 Å². The van der Waals surface area contributed by atoms with Gasteiger partial charge in [-0.15, -0.1) is 0 Å². The van der Waals surface area contributed by atoms with Crippen LogP contribution in [0.5, 0.6) is 5.75 Å². The van der Waals surface area contributed by atoms with Gasteiger partial charge in [0.2, 0.25) is 5.91 Å². The van der Waals surface area contributed by atoms with Crippen molar-refractivity contribution in [3.05, 3.63) is 63.9 Å². The summed E-state index contributed by atoms with van der Waals surface area (Å²) >= 11 is 6.18. The van der Waals surface area contributed by atoms with Crippen molar-refractivity contribution in [1.29, 1.82) is 0 Å². The number of halogens is 2. The minimum Gasteiger partial charge on any atom is -0.493 e. The zero-order valence-electron chi connectivity index (χ0n) is 20.1. The molecule has 0 bridgehead atoms. The number of carbonyl (C=O) groups is 1. The fourth-order valence-electron chi connectivity index (χ4n) is 5.00. The van der Waals surface area contributed by atoms with Crippen molar-refractivity contribution in [2.45, 2.75) is 39.7 Å². The lowest BCUT2D eigenvalue weighted by molar-refractivity contribution is -0.139. The standard InChI is InChI=1S/C27H34ClFN2O3/c1-20-4-5-23(29)15-22(20)17-30-9-3-8-27(18-30,16-26(32)31-10-12-33-13-11-31)19-34-24-6-7-25(28)21(2)14-24/h4-7,14-15H,3,8-13,16-19H2,1-2H3/t27-/m0/s1. The first-order valence-electron chi connectivity index (χ1n) is 12.1. The van der Waals surface area contributed by atoms with E-state index < -0.39 is 0 Å². The molecule has 2 fully saturated rings. The average molecular weight is 489 g/mol. The Hall–Kier alpha value is -2.15. The molecule has 2 aliphatic rings. The minimum absolute atomic E-state index is 0.156. The number of carbonyl (C=O) groups excluding carboxylic acids is 1. The molecule has 34 heavy (non-hydrogen) atoms. The molecule has 184 valence electrons. The Morgan fingerprint density at radius 3 is 2.68 bits per heavy atom. The van der Waals surface area contributed by atoms with Crippen LogP contribution < -0.4 is 4.74 Å². The highest BCUT2D eigenvalue weighted by molar-refractivity contribution is 6.31. The number of morpholine rings is 1. The minimum atomic E-state index is -0.317. The highest BCUT2D eigenvalue weighted by atomic mass is 35.5. The maximum atomic E-state index is 13.9. The van der Waals surface area contributed by atoms with Crippen LogP contribution in [0.1, 0.15) is 36.0 Å². The molecule has 4 rings (SSSR count). The van der Waals surface area contributed by atoms with Gasteiger partial charge in [-0.1, -0.05) is 17.7 Å². The van der Waals surface area contributed by atoms with Crippen LogP contribution in [0.2, 0.25) is 5.02 Å². The van der Waals surface area contributed by atoms with Crippen molar-refractivity contribution in [2.24, 2.45) is 5.41 Å². The van der Waals surface area contributed by atoms with E-state index in [2.05, 4.69) is 4.90 Å². The zero-order chi connectivity index (χ0) is 24.1. The molecule has 2 saturated heterocycles. The first-order valence-corrected chi connectivity index (χ1v) is 12.4. The predicted molar refractivity (Wildman–Crippen MR) is 132 cm³/mol. The van der Waals surface area contributed by atoms with Crippen molar-refractivity contribution < 1.29 is 18.7 Å². The summed E-state index contributed by atoms with van der Waals surface area (Å²) in [5.74, 6) is 0.703. The number of hydrogen-bond donors (Lipinski definition) is 0. The molecule has 1 atom stereocenters. The van der Waals surface area contributed by atoms with Gasteiger partial charge in [0.15, 0.2) is 0 Å². The second-order valence-electron chi connectivity index (χ2n) is 9.75. The van der Waals surface area contributed by atoms with E-state index in [1.54, 1.807) is 6.07 Å². The number of likely N-dealkylation sites (tertiary alicyclic amines) is 1. The van der Waals surface area contributed by atoms with Crippen LogP contribution in [0.15, 0.2) is 36.4 Å². The Morgan fingerprint density at radius 1 is 1.12 bits per heavy atom. The Labute approximate surface area is 206 Å². The normalized spacial score (nSPS) is 21.5. The molecule has 5 nitrogen and oxygen atoms in total. The number of nitrogens with zero attached hydrogens (tertiary/aromatic N) is 2. The van der Waals surface area contributed by atoms with E-state index in [9.17, 15) is 9.18 Å². The van der Waals surface area contributed by atoms with Gasteiger partial charge >= 0.3 is 0 Å². The molecule has 2 aromatic carbocycles. The summed E-state index contributed by atoms with van der Waals surface area (Å²) in [5.41, 5.74) is 2.71. The van der Waals surface area contributed by atoms with Crippen LogP contribution in [0.4, 0.5) is 4.39 Å². The van der Waals surface area contributed by atoms with Gasteiger partial charge in [-0.25, -0.2) is 4.39 Å². The third kappa shape index (κ3) is 6.29. The fraction of sp³-hybridized carbons (Fsp3) is 0.519. The Bertz CT molecular complexity index is 1010. The summed E-state index contributed by atoms with van der Waals surface area (Å²) in [6.45, 7) is 9.18. The summed E-state index contributed by atoms with van der Waals surface area (Å²) in [6, 6.07) is 10.6. The van der Waals surface area contributed by atoms with Crippen LogP contribution in [0, 0.1) is 25.1 Å². The molecule has 0 aromatic heterocycles. The molecule has 7 heteroatoms. The van der Waals surface area contributed by atoms with Gasteiger partial charge < -0.3 is 14.4 Å². The lowest BCUT2D eigenvalue weighted by Crippen LogP contribution is -2.50. The Kier molecular flexibility index (Phi) is 8.12. The lowest BCUT2D eigenvalue weighted by Gasteiger charge is -2.43. The van der Waals surface area contributed by atoms with Gasteiger partial charge in [-0.3, -0.25) is 9.69 Å². The quantitative estimate of drug-likeness (QED) is 0.549. The molecular formula is C27H34ClFN2O3.